The quantitative estimate of drug-likeness (QED) is 0.673. The standard InChI is InChI=1S/C11H20O2/c1-8-4-5-11(12)10(6-8)7-9(2)13-3/h8-10H,4-7H2,1-3H3. The summed E-state index contributed by atoms with van der Waals surface area (Å²) in [5.74, 6) is 1.42. The molecule has 2 heteroatoms. The van der Waals surface area contributed by atoms with Crippen LogP contribution in [-0.4, -0.2) is 19.0 Å². The molecule has 1 rings (SSSR count). The van der Waals surface area contributed by atoms with Gasteiger partial charge in [-0.15, -0.1) is 0 Å². The molecule has 0 bridgehead atoms. The molecule has 0 heterocycles. The van der Waals surface area contributed by atoms with Crippen LogP contribution < -0.4 is 0 Å². The predicted octanol–water partition coefficient (Wildman–Crippen LogP) is 2.42. The molecule has 0 spiro atoms. The number of ether oxygens (including phenoxy) is 1. The van der Waals surface area contributed by atoms with Crippen LogP contribution in [-0.2, 0) is 9.53 Å². The van der Waals surface area contributed by atoms with Crippen LogP contribution in [0.4, 0.5) is 0 Å². The van der Waals surface area contributed by atoms with Crippen LogP contribution in [0, 0.1) is 11.8 Å². The SMILES string of the molecule is COC(C)CC1CC(C)CCC1=O. The Hall–Kier alpha value is -0.370. The van der Waals surface area contributed by atoms with Crippen LogP contribution in [0.3, 0.4) is 0 Å². The van der Waals surface area contributed by atoms with Crippen molar-refractivity contribution >= 4 is 5.78 Å². The molecule has 3 unspecified atom stereocenters. The largest absolute Gasteiger partial charge is 0.382 e. The smallest absolute Gasteiger partial charge is 0.136 e. The second kappa shape index (κ2) is 4.75. The summed E-state index contributed by atoms with van der Waals surface area (Å²) in [5.41, 5.74) is 0. The van der Waals surface area contributed by atoms with E-state index in [4.69, 9.17) is 4.74 Å². The number of hydrogen-bond acceptors (Lipinski definition) is 2. The summed E-state index contributed by atoms with van der Waals surface area (Å²) in [6, 6.07) is 0. The zero-order valence-corrected chi connectivity index (χ0v) is 8.88. The fraction of sp³-hybridized carbons (Fsp3) is 0.909. The lowest BCUT2D eigenvalue weighted by Crippen LogP contribution is -2.27. The van der Waals surface area contributed by atoms with Crippen molar-refractivity contribution in [2.24, 2.45) is 11.8 Å². The molecule has 1 saturated carbocycles. The Morgan fingerprint density at radius 2 is 2.31 bits per heavy atom. The summed E-state index contributed by atoms with van der Waals surface area (Å²) in [6.45, 7) is 4.27. The fourth-order valence-corrected chi connectivity index (χ4v) is 2.05. The summed E-state index contributed by atoms with van der Waals surface area (Å²) in [4.78, 5) is 11.5. The Bertz CT molecular complexity index is 177. The molecule has 0 saturated heterocycles. The van der Waals surface area contributed by atoms with E-state index in [-0.39, 0.29) is 12.0 Å². The first-order valence-corrected chi connectivity index (χ1v) is 5.19. The van der Waals surface area contributed by atoms with Crippen LogP contribution in [0.1, 0.15) is 39.5 Å². The summed E-state index contributed by atoms with van der Waals surface area (Å²) < 4.78 is 5.18. The first-order valence-electron chi connectivity index (χ1n) is 5.19. The fourth-order valence-electron chi connectivity index (χ4n) is 2.05. The summed E-state index contributed by atoms with van der Waals surface area (Å²) in [5, 5.41) is 0. The van der Waals surface area contributed by atoms with Crippen LogP contribution >= 0.6 is 0 Å². The van der Waals surface area contributed by atoms with Crippen molar-refractivity contribution in [1.82, 2.24) is 0 Å². The van der Waals surface area contributed by atoms with Crippen molar-refractivity contribution < 1.29 is 9.53 Å². The van der Waals surface area contributed by atoms with Gasteiger partial charge in [0.05, 0.1) is 6.10 Å². The molecule has 0 amide bonds. The molecule has 76 valence electrons. The molecule has 2 nitrogen and oxygen atoms in total. The second-order valence-corrected chi connectivity index (χ2v) is 4.32. The van der Waals surface area contributed by atoms with Crippen LogP contribution in [0.5, 0.6) is 0 Å². The Kier molecular flexibility index (Phi) is 3.91. The van der Waals surface area contributed by atoms with Crippen molar-refractivity contribution in [3.63, 3.8) is 0 Å². The van der Waals surface area contributed by atoms with E-state index >= 15 is 0 Å². The van der Waals surface area contributed by atoms with E-state index < -0.39 is 0 Å². The average Bonchev–Trinajstić information content (AvgIpc) is 2.11. The van der Waals surface area contributed by atoms with Crippen molar-refractivity contribution in [3.05, 3.63) is 0 Å². The summed E-state index contributed by atoms with van der Waals surface area (Å²) >= 11 is 0. The predicted molar refractivity (Wildman–Crippen MR) is 52.6 cm³/mol. The Balaban J connectivity index is 2.42. The third-order valence-electron chi connectivity index (χ3n) is 3.04. The molecule has 0 N–H and O–H groups in total. The molecular weight excluding hydrogens is 164 g/mol. The van der Waals surface area contributed by atoms with Gasteiger partial charge < -0.3 is 4.74 Å². The molecule has 1 aliphatic rings. The number of hydrogen-bond donors (Lipinski definition) is 0. The lowest BCUT2D eigenvalue weighted by Gasteiger charge is -2.27. The van der Waals surface area contributed by atoms with E-state index in [0.29, 0.717) is 11.7 Å². The first-order chi connectivity index (χ1) is 6.13. The van der Waals surface area contributed by atoms with Gasteiger partial charge in [-0.3, -0.25) is 4.79 Å². The highest BCUT2D eigenvalue weighted by atomic mass is 16.5. The maximum absolute atomic E-state index is 11.5. The molecule has 0 aromatic carbocycles. The van der Waals surface area contributed by atoms with Crippen LogP contribution in [0.15, 0.2) is 0 Å². The highest BCUT2D eigenvalue weighted by Gasteiger charge is 2.27. The highest BCUT2D eigenvalue weighted by molar-refractivity contribution is 5.81. The Morgan fingerprint density at radius 1 is 1.62 bits per heavy atom. The maximum Gasteiger partial charge on any atom is 0.136 e. The molecule has 13 heavy (non-hydrogen) atoms. The number of ketones is 1. The topological polar surface area (TPSA) is 26.3 Å². The third-order valence-corrected chi connectivity index (χ3v) is 3.04. The minimum atomic E-state index is 0.222. The molecular formula is C11H20O2. The summed E-state index contributed by atoms with van der Waals surface area (Å²) in [6.07, 6.45) is 4.05. The summed E-state index contributed by atoms with van der Waals surface area (Å²) in [7, 11) is 1.71. The van der Waals surface area contributed by atoms with Gasteiger partial charge in [0.2, 0.25) is 0 Å². The van der Waals surface area contributed by atoms with Crippen molar-refractivity contribution in [1.29, 1.82) is 0 Å². The van der Waals surface area contributed by atoms with Gasteiger partial charge in [0, 0.05) is 19.4 Å². The third kappa shape index (κ3) is 3.11. The molecule has 0 aromatic heterocycles. The zero-order chi connectivity index (χ0) is 9.84. The van der Waals surface area contributed by atoms with Crippen molar-refractivity contribution in [3.8, 4) is 0 Å². The number of carbonyl (C=O) groups excluding carboxylic acids is 1. The lowest BCUT2D eigenvalue weighted by molar-refractivity contribution is -0.126. The average molecular weight is 184 g/mol. The number of carbonyl (C=O) groups is 1. The second-order valence-electron chi connectivity index (χ2n) is 4.32. The molecule has 0 radical (unpaired) electrons. The molecule has 1 aliphatic carbocycles. The van der Waals surface area contributed by atoms with E-state index in [1.165, 1.54) is 0 Å². The van der Waals surface area contributed by atoms with Gasteiger partial charge in [0.1, 0.15) is 5.78 Å². The van der Waals surface area contributed by atoms with E-state index in [1.807, 2.05) is 6.92 Å². The lowest BCUT2D eigenvalue weighted by atomic mass is 9.79. The van der Waals surface area contributed by atoms with Gasteiger partial charge in [0.25, 0.3) is 0 Å². The van der Waals surface area contributed by atoms with E-state index in [2.05, 4.69) is 6.92 Å². The monoisotopic (exact) mass is 184 g/mol. The van der Waals surface area contributed by atoms with E-state index in [0.717, 1.165) is 25.7 Å². The molecule has 0 aromatic rings. The van der Waals surface area contributed by atoms with Crippen LogP contribution in [0.25, 0.3) is 0 Å². The van der Waals surface area contributed by atoms with Gasteiger partial charge in [-0.2, -0.15) is 0 Å². The minimum absolute atomic E-state index is 0.222. The van der Waals surface area contributed by atoms with Crippen LogP contribution in [0.2, 0.25) is 0 Å². The van der Waals surface area contributed by atoms with Gasteiger partial charge in [-0.25, -0.2) is 0 Å². The molecule has 1 fully saturated rings. The number of Topliss-reactive ketones (excluding diaryl/α,β-unsaturated/α-hetero) is 1. The van der Waals surface area contributed by atoms with E-state index in [1.54, 1.807) is 7.11 Å². The van der Waals surface area contributed by atoms with Gasteiger partial charge in [0.15, 0.2) is 0 Å². The number of methoxy groups -OCH3 is 1. The Morgan fingerprint density at radius 3 is 2.92 bits per heavy atom. The zero-order valence-electron chi connectivity index (χ0n) is 8.88. The normalized spacial score (nSPS) is 31.8. The number of rotatable bonds is 3. The minimum Gasteiger partial charge on any atom is -0.382 e. The van der Waals surface area contributed by atoms with E-state index in [9.17, 15) is 4.79 Å². The maximum atomic E-state index is 11.5. The van der Waals surface area contributed by atoms with Gasteiger partial charge in [-0.1, -0.05) is 6.92 Å². The van der Waals surface area contributed by atoms with Crippen molar-refractivity contribution in [2.75, 3.05) is 7.11 Å². The van der Waals surface area contributed by atoms with Crippen molar-refractivity contribution in [2.45, 2.75) is 45.6 Å². The van der Waals surface area contributed by atoms with Gasteiger partial charge >= 0.3 is 0 Å². The van der Waals surface area contributed by atoms with Gasteiger partial charge in [-0.05, 0) is 32.1 Å². The molecule has 0 aliphatic heterocycles. The Labute approximate surface area is 80.7 Å². The molecule has 3 atom stereocenters. The highest BCUT2D eigenvalue weighted by Crippen LogP contribution is 2.29. The first kappa shape index (κ1) is 10.7.